The third kappa shape index (κ3) is 5.00. The maximum Gasteiger partial charge on any atom is 0.0477 e. The number of rotatable bonds is 6. The second kappa shape index (κ2) is 8.29. The molecule has 0 aromatic rings. The molecule has 1 heterocycles. The summed E-state index contributed by atoms with van der Waals surface area (Å²) < 4.78 is 5.14. The number of nitrogens with zero attached hydrogens (tertiary/aromatic N) is 2. The van der Waals surface area contributed by atoms with Gasteiger partial charge in [0, 0.05) is 45.3 Å². The Bertz CT molecular complexity index is 180. The lowest BCUT2D eigenvalue weighted by atomic mass is 10.2. The molecule has 1 atom stereocenters. The van der Waals surface area contributed by atoms with Crippen molar-refractivity contribution >= 4 is 11.6 Å². The quantitative estimate of drug-likeness (QED) is 0.665. The molecule has 1 unspecified atom stereocenters. The first-order chi connectivity index (χ1) is 7.77. The summed E-state index contributed by atoms with van der Waals surface area (Å²) in [6.07, 6.45) is 2.39. The Morgan fingerprint density at radius 1 is 1.25 bits per heavy atom. The van der Waals surface area contributed by atoms with Crippen LogP contribution in [0.2, 0.25) is 0 Å². The van der Waals surface area contributed by atoms with Crippen LogP contribution in [-0.4, -0.2) is 68.2 Å². The van der Waals surface area contributed by atoms with E-state index in [9.17, 15) is 0 Å². The van der Waals surface area contributed by atoms with Crippen LogP contribution in [-0.2, 0) is 4.74 Å². The van der Waals surface area contributed by atoms with Gasteiger partial charge in [0.15, 0.2) is 0 Å². The van der Waals surface area contributed by atoms with Crippen molar-refractivity contribution in [3.05, 3.63) is 0 Å². The Balaban J connectivity index is 2.28. The van der Waals surface area contributed by atoms with E-state index in [0.717, 1.165) is 32.0 Å². The molecule has 1 rings (SSSR count). The minimum absolute atomic E-state index is 0.635. The molecule has 16 heavy (non-hydrogen) atoms. The molecule has 0 spiro atoms. The molecule has 0 bridgehead atoms. The van der Waals surface area contributed by atoms with E-state index in [1.807, 2.05) is 0 Å². The highest BCUT2D eigenvalue weighted by Gasteiger charge is 2.18. The van der Waals surface area contributed by atoms with Crippen LogP contribution in [0.15, 0.2) is 0 Å². The molecule has 0 aromatic heterocycles. The topological polar surface area (TPSA) is 15.7 Å². The Morgan fingerprint density at radius 3 is 2.75 bits per heavy atom. The number of hydrogen-bond acceptors (Lipinski definition) is 3. The van der Waals surface area contributed by atoms with E-state index < -0.39 is 0 Å². The van der Waals surface area contributed by atoms with Crippen molar-refractivity contribution in [2.45, 2.75) is 25.8 Å². The van der Waals surface area contributed by atoms with Gasteiger partial charge in [-0.3, -0.25) is 4.90 Å². The Labute approximate surface area is 105 Å². The molecule has 96 valence electrons. The smallest absolute Gasteiger partial charge is 0.0477 e. The van der Waals surface area contributed by atoms with Gasteiger partial charge in [0.2, 0.25) is 0 Å². The van der Waals surface area contributed by atoms with Crippen LogP contribution in [0.4, 0.5) is 0 Å². The van der Waals surface area contributed by atoms with Crippen LogP contribution < -0.4 is 0 Å². The molecule has 1 fully saturated rings. The van der Waals surface area contributed by atoms with Crippen LogP contribution >= 0.6 is 11.6 Å². The molecule has 0 aliphatic carbocycles. The molecule has 0 saturated carbocycles. The molecular formula is C12H25ClN2O. The maximum atomic E-state index is 5.78. The van der Waals surface area contributed by atoms with Gasteiger partial charge in [-0.05, 0) is 32.9 Å². The minimum atomic E-state index is 0.635. The summed E-state index contributed by atoms with van der Waals surface area (Å²) in [5.74, 6) is 0.749. The van der Waals surface area contributed by atoms with Gasteiger partial charge >= 0.3 is 0 Å². The first kappa shape index (κ1) is 14.2. The monoisotopic (exact) mass is 248 g/mol. The zero-order valence-corrected chi connectivity index (χ0v) is 11.4. The lowest BCUT2D eigenvalue weighted by Gasteiger charge is -2.27. The highest BCUT2D eigenvalue weighted by Crippen LogP contribution is 2.09. The van der Waals surface area contributed by atoms with E-state index in [1.165, 1.54) is 26.1 Å². The Kier molecular flexibility index (Phi) is 7.37. The van der Waals surface area contributed by atoms with Gasteiger partial charge in [0.25, 0.3) is 0 Å². The molecule has 1 saturated heterocycles. The second-order valence-electron chi connectivity index (χ2n) is 4.55. The maximum absolute atomic E-state index is 5.78. The fourth-order valence-electron chi connectivity index (χ4n) is 2.25. The zero-order valence-electron chi connectivity index (χ0n) is 10.6. The van der Waals surface area contributed by atoms with Crippen molar-refractivity contribution in [2.24, 2.45) is 0 Å². The lowest BCUT2D eigenvalue weighted by Crippen LogP contribution is -2.37. The lowest BCUT2D eigenvalue weighted by molar-refractivity contribution is 0.140. The van der Waals surface area contributed by atoms with Gasteiger partial charge < -0.3 is 9.64 Å². The standard InChI is InChI=1S/C12H25ClN2O/c1-12(4-11-16-2)15-7-3-6-14(8-5-13)9-10-15/h12H,3-11H2,1-2H3. The Morgan fingerprint density at radius 2 is 2.06 bits per heavy atom. The van der Waals surface area contributed by atoms with Crippen molar-refractivity contribution in [1.29, 1.82) is 0 Å². The SMILES string of the molecule is COCCC(C)N1CCCN(CCCl)CC1. The van der Waals surface area contributed by atoms with Crippen LogP contribution in [0.3, 0.4) is 0 Å². The van der Waals surface area contributed by atoms with Crippen molar-refractivity contribution in [3.63, 3.8) is 0 Å². The first-order valence-electron chi connectivity index (χ1n) is 6.29. The summed E-state index contributed by atoms with van der Waals surface area (Å²) in [6, 6.07) is 0.635. The van der Waals surface area contributed by atoms with E-state index in [1.54, 1.807) is 7.11 Å². The molecule has 0 amide bonds. The van der Waals surface area contributed by atoms with Crippen molar-refractivity contribution in [1.82, 2.24) is 9.80 Å². The number of hydrogen-bond donors (Lipinski definition) is 0. The van der Waals surface area contributed by atoms with E-state index in [2.05, 4.69) is 16.7 Å². The van der Waals surface area contributed by atoms with E-state index in [0.29, 0.717) is 6.04 Å². The number of alkyl halides is 1. The highest BCUT2D eigenvalue weighted by atomic mass is 35.5. The molecule has 1 aliphatic heterocycles. The second-order valence-corrected chi connectivity index (χ2v) is 4.93. The number of halogens is 1. The van der Waals surface area contributed by atoms with Crippen LogP contribution in [0.5, 0.6) is 0 Å². The van der Waals surface area contributed by atoms with Gasteiger partial charge in [-0.2, -0.15) is 0 Å². The molecule has 0 N–H and O–H groups in total. The molecule has 0 aromatic carbocycles. The number of methoxy groups -OCH3 is 1. The van der Waals surface area contributed by atoms with Crippen molar-refractivity contribution in [3.8, 4) is 0 Å². The van der Waals surface area contributed by atoms with Crippen LogP contribution in [0, 0.1) is 0 Å². The van der Waals surface area contributed by atoms with Gasteiger partial charge in [-0.1, -0.05) is 0 Å². The third-order valence-electron chi connectivity index (χ3n) is 3.39. The van der Waals surface area contributed by atoms with Gasteiger partial charge in [0.05, 0.1) is 0 Å². The third-order valence-corrected chi connectivity index (χ3v) is 3.56. The van der Waals surface area contributed by atoms with Crippen LogP contribution in [0.1, 0.15) is 19.8 Å². The summed E-state index contributed by atoms with van der Waals surface area (Å²) >= 11 is 5.78. The van der Waals surface area contributed by atoms with E-state index >= 15 is 0 Å². The predicted octanol–water partition coefficient (Wildman–Crippen LogP) is 1.66. The fraction of sp³-hybridized carbons (Fsp3) is 1.00. The molecular weight excluding hydrogens is 224 g/mol. The first-order valence-corrected chi connectivity index (χ1v) is 6.82. The van der Waals surface area contributed by atoms with Gasteiger partial charge in [-0.15, -0.1) is 11.6 Å². The summed E-state index contributed by atoms with van der Waals surface area (Å²) in [7, 11) is 1.78. The van der Waals surface area contributed by atoms with Gasteiger partial charge in [-0.25, -0.2) is 0 Å². The van der Waals surface area contributed by atoms with Crippen molar-refractivity contribution < 1.29 is 4.74 Å². The van der Waals surface area contributed by atoms with Gasteiger partial charge in [0.1, 0.15) is 0 Å². The highest BCUT2D eigenvalue weighted by molar-refractivity contribution is 6.18. The molecule has 3 nitrogen and oxygen atoms in total. The normalized spacial score (nSPS) is 21.9. The Hall–Kier alpha value is 0.170. The predicted molar refractivity (Wildman–Crippen MR) is 69.3 cm³/mol. The molecule has 0 radical (unpaired) electrons. The average Bonchev–Trinajstić information content (AvgIpc) is 2.52. The zero-order chi connectivity index (χ0) is 11.8. The summed E-state index contributed by atoms with van der Waals surface area (Å²) in [6.45, 7) is 8.93. The fourth-order valence-corrected chi connectivity index (χ4v) is 2.48. The average molecular weight is 249 g/mol. The summed E-state index contributed by atoms with van der Waals surface area (Å²) in [5, 5.41) is 0. The van der Waals surface area contributed by atoms with E-state index in [4.69, 9.17) is 16.3 Å². The minimum Gasteiger partial charge on any atom is -0.385 e. The summed E-state index contributed by atoms with van der Waals surface area (Å²) in [5.41, 5.74) is 0. The largest absolute Gasteiger partial charge is 0.385 e. The molecule has 1 aliphatic rings. The van der Waals surface area contributed by atoms with Crippen LogP contribution in [0.25, 0.3) is 0 Å². The number of ether oxygens (including phenoxy) is 1. The van der Waals surface area contributed by atoms with Crippen molar-refractivity contribution in [2.75, 3.05) is 52.3 Å². The molecule has 4 heteroatoms. The van der Waals surface area contributed by atoms with E-state index in [-0.39, 0.29) is 0 Å². The summed E-state index contributed by atoms with van der Waals surface area (Å²) in [4.78, 5) is 5.04.